The van der Waals surface area contributed by atoms with E-state index in [2.05, 4.69) is 4.98 Å². The van der Waals surface area contributed by atoms with Gasteiger partial charge in [0.05, 0.1) is 11.7 Å². The Balaban J connectivity index is 2.11. The Morgan fingerprint density at radius 3 is 2.95 bits per heavy atom. The van der Waals surface area contributed by atoms with Crippen molar-refractivity contribution in [1.82, 2.24) is 9.88 Å². The van der Waals surface area contributed by atoms with Gasteiger partial charge in [-0.1, -0.05) is 6.07 Å². The van der Waals surface area contributed by atoms with Crippen molar-refractivity contribution in [1.29, 1.82) is 0 Å². The van der Waals surface area contributed by atoms with Crippen molar-refractivity contribution in [2.75, 3.05) is 13.6 Å². The van der Waals surface area contributed by atoms with Gasteiger partial charge in [-0.15, -0.1) is 0 Å². The number of aliphatic hydroxyl groups is 1. The SMILES string of the molecule is CN(C[C@H](O)C(F)(F)F)[C@H]1CCCc2cccnc21. The molecule has 0 unspecified atom stereocenters. The third-order valence-electron chi connectivity index (χ3n) is 3.54. The predicted octanol–water partition coefficient (Wildman–Crippen LogP) is 2.31. The van der Waals surface area contributed by atoms with Gasteiger partial charge in [0.25, 0.3) is 0 Å². The molecule has 0 saturated carbocycles. The quantitative estimate of drug-likeness (QED) is 0.919. The fourth-order valence-corrected chi connectivity index (χ4v) is 2.52. The number of hydrogen-bond donors (Lipinski definition) is 1. The standard InChI is InChI=1S/C13H17F3N2O/c1-18(8-11(19)13(14,15)16)10-6-2-4-9-5-3-7-17-12(9)10/h3,5,7,10-11,19H,2,4,6,8H2,1H3/t10-,11-/m0/s1. The molecule has 1 N–H and O–H groups in total. The monoisotopic (exact) mass is 274 g/mol. The lowest BCUT2D eigenvalue weighted by Gasteiger charge is -2.33. The first-order chi connectivity index (χ1) is 8.89. The van der Waals surface area contributed by atoms with Crippen LogP contribution in [0.3, 0.4) is 0 Å². The normalized spacial score (nSPS) is 21.3. The summed E-state index contributed by atoms with van der Waals surface area (Å²) in [7, 11) is 1.60. The van der Waals surface area contributed by atoms with Gasteiger partial charge in [-0.25, -0.2) is 0 Å². The van der Waals surface area contributed by atoms with Gasteiger partial charge in [0.2, 0.25) is 0 Å². The van der Waals surface area contributed by atoms with E-state index in [4.69, 9.17) is 5.11 Å². The van der Waals surface area contributed by atoms with Crippen LogP contribution in [0.1, 0.15) is 30.1 Å². The number of aromatic nitrogens is 1. The second kappa shape index (κ2) is 5.46. The second-order valence-electron chi connectivity index (χ2n) is 4.95. The molecule has 0 saturated heterocycles. The van der Waals surface area contributed by atoms with E-state index < -0.39 is 18.8 Å². The maximum absolute atomic E-state index is 12.4. The third kappa shape index (κ3) is 3.25. The molecule has 2 atom stereocenters. The highest BCUT2D eigenvalue weighted by atomic mass is 19.4. The smallest absolute Gasteiger partial charge is 0.382 e. The number of pyridine rings is 1. The Morgan fingerprint density at radius 2 is 2.26 bits per heavy atom. The molecule has 106 valence electrons. The molecule has 0 aromatic carbocycles. The highest BCUT2D eigenvalue weighted by Gasteiger charge is 2.40. The van der Waals surface area contributed by atoms with Crippen LogP contribution in [0.5, 0.6) is 0 Å². The molecule has 0 radical (unpaired) electrons. The Labute approximate surface area is 110 Å². The number of hydrogen-bond acceptors (Lipinski definition) is 3. The Morgan fingerprint density at radius 1 is 1.53 bits per heavy atom. The van der Waals surface area contributed by atoms with E-state index >= 15 is 0 Å². The average molecular weight is 274 g/mol. The summed E-state index contributed by atoms with van der Waals surface area (Å²) in [6.07, 6.45) is -2.62. The van der Waals surface area contributed by atoms with Gasteiger partial charge in [-0.2, -0.15) is 13.2 Å². The van der Waals surface area contributed by atoms with Crippen LogP contribution >= 0.6 is 0 Å². The lowest BCUT2D eigenvalue weighted by atomic mass is 9.91. The first-order valence-electron chi connectivity index (χ1n) is 6.28. The van der Waals surface area contributed by atoms with Crippen LogP contribution in [0.2, 0.25) is 0 Å². The summed E-state index contributed by atoms with van der Waals surface area (Å²) in [6.45, 7) is -0.426. The first kappa shape index (κ1) is 14.3. The molecule has 1 aliphatic rings. The summed E-state index contributed by atoms with van der Waals surface area (Å²) >= 11 is 0. The predicted molar refractivity (Wildman–Crippen MR) is 64.6 cm³/mol. The van der Waals surface area contributed by atoms with Crippen molar-refractivity contribution in [2.45, 2.75) is 37.6 Å². The third-order valence-corrected chi connectivity index (χ3v) is 3.54. The molecular formula is C13H17F3N2O. The highest BCUT2D eigenvalue weighted by molar-refractivity contribution is 5.25. The van der Waals surface area contributed by atoms with Gasteiger partial charge < -0.3 is 5.11 Å². The fourth-order valence-electron chi connectivity index (χ4n) is 2.52. The fraction of sp³-hybridized carbons (Fsp3) is 0.615. The van der Waals surface area contributed by atoms with Gasteiger partial charge in [0, 0.05) is 12.7 Å². The molecule has 1 aromatic rings. The van der Waals surface area contributed by atoms with Gasteiger partial charge in [0.1, 0.15) is 0 Å². The zero-order chi connectivity index (χ0) is 14.0. The second-order valence-corrected chi connectivity index (χ2v) is 4.95. The van der Waals surface area contributed by atoms with Gasteiger partial charge in [-0.05, 0) is 37.9 Å². The van der Waals surface area contributed by atoms with Gasteiger partial charge in [0.15, 0.2) is 6.10 Å². The van der Waals surface area contributed by atoms with Gasteiger partial charge in [-0.3, -0.25) is 9.88 Å². The summed E-state index contributed by atoms with van der Waals surface area (Å²) in [6, 6.07) is 3.65. The molecule has 2 rings (SSSR count). The highest BCUT2D eigenvalue weighted by Crippen LogP contribution is 2.32. The van der Waals surface area contributed by atoms with Crippen molar-refractivity contribution in [3.8, 4) is 0 Å². The van der Waals surface area contributed by atoms with Crippen LogP contribution in [0.4, 0.5) is 13.2 Å². The van der Waals surface area contributed by atoms with Crippen LogP contribution in [-0.4, -0.2) is 40.9 Å². The Kier molecular flexibility index (Phi) is 4.10. The summed E-state index contributed by atoms with van der Waals surface area (Å²) < 4.78 is 37.1. The van der Waals surface area contributed by atoms with Crippen molar-refractivity contribution in [3.05, 3.63) is 29.6 Å². The zero-order valence-electron chi connectivity index (χ0n) is 10.7. The molecule has 1 aromatic heterocycles. The molecule has 0 spiro atoms. The van der Waals surface area contributed by atoms with Gasteiger partial charge >= 0.3 is 6.18 Å². The molecule has 1 heterocycles. The Hall–Kier alpha value is -1.14. The van der Waals surface area contributed by atoms with Crippen LogP contribution in [-0.2, 0) is 6.42 Å². The minimum absolute atomic E-state index is 0.151. The molecule has 6 heteroatoms. The summed E-state index contributed by atoms with van der Waals surface area (Å²) in [4.78, 5) is 5.83. The molecule has 0 bridgehead atoms. The lowest BCUT2D eigenvalue weighted by molar-refractivity contribution is -0.208. The van der Waals surface area contributed by atoms with E-state index in [1.54, 1.807) is 18.1 Å². The number of likely N-dealkylation sites (N-methyl/N-ethyl adjacent to an activating group) is 1. The maximum Gasteiger partial charge on any atom is 0.415 e. The molecule has 0 amide bonds. The molecular weight excluding hydrogens is 257 g/mol. The zero-order valence-corrected chi connectivity index (χ0v) is 10.7. The molecule has 3 nitrogen and oxygen atoms in total. The van der Waals surface area contributed by atoms with Crippen molar-refractivity contribution in [3.63, 3.8) is 0 Å². The van der Waals surface area contributed by atoms with Crippen LogP contribution in [0, 0.1) is 0 Å². The summed E-state index contributed by atoms with van der Waals surface area (Å²) in [5, 5.41) is 9.15. The minimum atomic E-state index is -4.57. The van der Waals surface area contributed by atoms with Crippen molar-refractivity contribution >= 4 is 0 Å². The minimum Gasteiger partial charge on any atom is -0.382 e. The average Bonchev–Trinajstić information content (AvgIpc) is 2.36. The van der Waals surface area contributed by atoms with Crippen molar-refractivity contribution in [2.24, 2.45) is 0 Å². The maximum atomic E-state index is 12.4. The number of aryl methyl sites for hydroxylation is 1. The number of alkyl halides is 3. The molecule has 19 heavy (non-hydrogen) atoms. The number of fused-ring (bicyclic) bond motifs is 1. The number of aliphatic hydroxyl groups excluding tert-OH is 1. The van der Waals surface area contributed by atoms with E-state index in [-0.39, 0.29) is 6.04 Å². The van der Waals surface area contributed by atoms with Crippen LogP contribution < -0.4 is 0 Å². The van der Waals surface area contributed by atoms with E-state index in [9.17, 15) is 13.2 Å². The number of nitrogens with zero attached hydrogens (tertiary/aromatic N) is 2. The van der Waals surface area contributed by atoms with Crippen LogP contribution in [0.25, 0.3) is 0 Å². The van der Waals surface area contributed by atoms with E-state index in [0.29, 0.717) is 0 Å². The number of halogens is 3. The van der Waals surface area contributed by atoms with E-state index in [1.165, 1.54) is 0 Å². The van der Waals surface area contributed by atoms with Crippen LogP contribution in [0.15, 0.2) is 18.3 Å². The largest absolute Gasteiger partial charge is 0.415 e. The number of rotatable bonds is 3. The van der Waals surface area contributed by atoms with Crippen molar-refractivity contribution < 1.29 is 18.3 Å². The topological polar surface area (TPSA) is 36.4 Å². The summed E-state index contributed by atoms with van der Waals surface area (Å²) in [5.41, 5.74) is 1.93. The Bertz CT molecular complexity index is 436. The van der Waals surface area contributed by atoms with E-state index in [1.807, 2.05) is 12.1 Å². The molecule has 0 aliphatic heterocycles. The first-order valence-corrected chi connectivity index (χ1v) is 6.28. The summed E-state index contributed by atoms with van der Waals surface area (Å²) in [5.74, 6) is 0. The molecule has 0 fully saturated rings. The lowest BCUT2D eigenvalue weighted by Crippen LogP contribution is -2.41. The molecule has 1 aliphatic carbocycles. The van der Waals surface area contributed by atoms with E-state index in [0.717, 1.165) is 30.5 Å².